The molecule has 1 aromatic heterocycles. The molecule has 2 aromatic carbocycles. The van der Waals surface area contributed by atoms with Crippen LogP contribution in [-0.4, -0.2) is 45.8 Å². The lowest BCUT2D eigenvalue weighted by Gasteiger charge is -2.18. The van der Waals surface area contributed by atoms with Crippen molar-refractivity contribution in [3.05, 3.63) is 59.4 Å². The van der Waals surface area contributed by atoms with Gasteiger partial charge in [0.05, 0.1) is 12.8 Å². The number of rotatable bonds is 4. The number of likely N-dealkylation sites (tertiary alicyclic amines) is 1. The summed E-state index contributed by atoms with van der Waals surface area (Å²) in [5.41, 5.74) is 1.64. The van der Waals surface area contributed by atoms with Crippen molar-refractivity contribution in [1.29, 1.82) is 0 Å². The van der Waals surface area contributed by atoms with Crippen molar-refractivity contribution in [3.8, 4) is 22.8 Å². The molecule has 3 aromatic rings. The van der Waals surface area contributed by atoms with Crippen molar-refractivity contribution < 1.29 is 9.53 Å². The van der Waals surface area contributed by atoms with Crippen LogP contribution >= 0.6 is 11.6 Å². The summed E-state index contributed by atoms with van der Waals surface area (Å²) in [7, 11) is 1.63. The third-order valence-corrected chi connectivity index (χ3v) is 5.36. The van der Waals surface area contributed by atoms with Crippen LogP contribution in [0.25, 0.3) is 17.1 Å². The SMILES string of the molecule is COc1ccc(-c2nc(C(=O)N3CCCCCC3)nn2-c2ccc(Cl)cc2)cc1. The molecule has 0 unspecified atom stereocenters. The smallest absolute Gasteiger partial charge is 0.293 e. The first kappa shape index (κ1) is 19.5. The van der Waals surface area contributed by atoms with Crippen molar-refractivity contribution >= 4 is 17.5 Å². The minimum absolute atomic E-state index is 0.116. The lowest BCUT2D eigenvalue weighted by Crippen LogP contribution is -2.32. The average molecular weight is 411 g/mol. The molecule has 4 rings (SSSR count). The lowest BCUT2D eigenvalue weighted by molar-refractivity contribution is 0.0749. The Hall–Kier alpha value is -2.86. The van der Waals surface area contributed by atoms with Gasteiger partial charge in [-0.2, -0.15) is 0 Å². The minimum Gasteiger partial charge on any atom is -0.497 e. The zero-order valence-corrected chi connectivity index (χ0v) is 17.1. The predicted molar refractivity (Wildman–Crippen MR) is 113 cm³/mol. The van der Waals surface area contributed by atoms with E-state index in [1.165, 1.54) is 0 Å². The van der Waals surface area contributed by atoms with Gasteiger partial charge in [0.1, 0.15) is 5.75 Å². The summed E-state index contributed by atoms with van der Waals surface area (Å²) in [5, 5.41) is 5.21. The average Bonchev–Trinajstić information content (AvgIpc) is 3.01. The van der Waals surface area contributed by atoms with E-state index in [1.807, 2.05) is 41.3 Å². The van der Waals surface area contributed by atoms with Crippen molar-refractivity contribution in [2.75, 3.05) is 20.2 Å². The second-order valence-corrected chi connectivity index (χ2v) is 7.52. The summed E-state index contributed by atoms with van der Waals surface area (Å²) in [4.78, 5) is 19.6. The number of amides is 1. The molecule has 150 valence electrons. The van der Waals surface area contributed by atoms with Gasteiger partial charge in [-0.3, -0.25) is 4.79 Å². The van der Waals surface area contributed by atoms with E-state index >= 15 is 0 Å². The van der Waals surface area contributed by atoms with Gasteiger partial charge < -0.3 is 9.64 Å². The molecular formula is C22H23ClN4O2. The molecule has 1 aliphatic rings. The number of benzene rings is 2. The number of methoxy groups -OCH3 is 1. The van der Waals surface area contributed by atoms with Crippen LogP contribution < -0.4 is 4.74 Å². The van der Waals surface area contributed by atoms with Gasteiger partial charge in [-0.1, -0.05) is 24.4 Å². The number of carbonyl (C=O) groups is 1. The first-order valence-electron chi connectivity index (χ1n) is 9.82. The summed E-state index contributed by atoms with van der Waals surface area (Å²) < 4.78 is 6.95. The van der Waals surface area contributed by atoms with Crippen molar-refractivity contribution in [2.24, 2.45) is 0 Å². The summed E-state index contributed by atoms with van der Waals surface area (Å²) in [6.07, 6.45) is 4.37. The molecule has 0 bridgehead atoms. The van der Waals surface area contributed by atoms with Crippen molar-refractivity contribution in [3.63, 3.8) is 0 Å². The molecule has 6 nitrogen and oxygen atoms in total. The molecule has 29 heavy (non-hydrogen) atoms. The first-order valence-corrected chi connectivity index (χ1v) is 10.2. The van der Waals surface area contributed by atoms with E-state index in [9.17, 15) is 4.79 Å². The number of hydrogen-bond acceptors (Lipinski definition) is 4. The summed E-state index contributed by atoms with van der Waals surface area (Å²) in [6, 6.07) is 14.9. The number of ether oxygens (including phenoxy) is 1. The number of aromatic nitrogens is 3. The zero-order chi connectivity index (χ0) is 20.2. The van der Waals surface area contributed by atoms with Gasteiger partial charge >= 0.3 is 0 Å². The van der Waals surface area contributed by atoms with E-state index in [0.717, 1.165) is 55.8 Å². The van der Waals surface area contributed by atoms with E-state index in [-0.39, 0.29) is 11.7 Å². The fourth-order valence-electron chi connectivity index (χ4n) is 3.51. The largest absolute Gasteiger partial charge is 0.497 e. The Bertz CT molecular complexity index is 975. The quantitative estimate of drug-likeness (QED) is 0.630. The van der Waals surface area contributed by atoms with Gasteiger partial charge in [0, 0.05) is 23.7 Å². The number of nitrogens with zero attached hydrogens (tertiary/aromatic N) is 4. The second-order valence-electron chi connectivity index (χ2n) is 7.08. The lowest BCUT2D eigenvalue weighted by atomic mass is 10.2. The van der Waals surface area contributed by atoms with Crippen LogP contribution in [0.1, 0.15) is 36.3 Å². The van der Waals surface area contributed by atoms with Gasteiger partial charge in [0.15, 0.2) is 5.82 Å². The third-order valence-electron chi connectivity index (χ3n) is 5.11. The fourth-order valence-corrected chi connectivity index (χ4v) is 3.63. The molecule has 2 heterocycles. The first-order chi connectivity index (χ1) is 14.2. The summed E-state index contributed by atoms with van der Waals surface area (Å²) >= 11 is 6.04. The van der Waals surface area contributed by atoms with E-state index in [1.54, 1.807) is 23.9 Å². The molecule has 0 atom stereocenters. The normalized spacial score (nSPS) is 14.5. The highest BCUT2D eigenvalue weighted by Crippen LogP contribution is 2.25. The molecule has 1 amide bonds. The molecule has 7 heteroatoms. The monoisotopic (exact) mass is 410 g/mol. The Kier molecular flexibility index (Phi) is 5.81. The van der Waals surface area contributed by atoms with E-state index < -0.39 is 0 Å². The van der Waals surface area contributed by atoms with E-state index in [0.29, 0.717) is 10.8 Å². The zero-order valence-electron chi connectivity index (χ0n) is 16.3. The van der Waals surface area contributed by atoms with Gasteiger partial charge in [0.25, 0.3) is 5.91 Å². The molecule has 0 spiro atoms. The highest BCUT2D eigenvalue weighted by molar-refractivity contribution is 6.30. The molecular weight excluding hydrogens is 388 g/mol. The molecule has 0 saturated carbocycles. The van der Waals surface area contributed by atoms with Crippen LogP contribution in [0.3, 0.4) is 0 Å². The van der Waals surface area contributed by atoms with Crippen LogP contribution in [0.2, 0.25) is 5.02 Å². The minimum atomic E-state index is -0.116. The van der Waals surface area contributed by atoms with Gasteiger partial charge in [-0.25, -0.2) is 9.67 Å². The van der Waals surface area contributed by atoms with E-state index in [4.69, 9.17) is 16.3 Å². The molecule has 0 N–H and O–H groups in total. The molecule has 1 aliphatic heterocycles. The Morgan fingerprint density at radius 1 is 0.966 bits per heavy atom. The highest BCUT2D eigenvalue weighted by atomic mass is 35.5. The summed E-state index contributed by atoms with van der Waals surface area (Å²) in [6.45, 7) is 1.51. The maximum Gasteiger partial charge on any atom is 0.293 e. The molecule has 1 fully saturated rings. The molecule has 0 aliphatic carbocycles. The van der Waals surface area contributed by atoms with Crippen molar-refractivity contribution in [1.82, 2.24) is 19.7 Å². The standard InChI is InChI=1S/C22H23ClN4O2/c1-29-19-12-6-16(7-13-19)21-24-20(22(28)26-14-4-2-3-5-15-26)25-27(21)18-10-8-17(23)9-11-18/h6-13H,2-5,14-15H2,1H3. The van der Waals surface area contributed by atoms with Gasteiger partial charge in [-0.05, 0) is 61.4 Å². The Labute approximate surface area is 175 Å². The number of carbonyl (C=O) groups excluding carboxylic acids is 1. The van der Waals surface area contributed by atoms with Gasteiger partial charge in [-0.15, -0.1) is 5.10 Å². The Morgan fingerprint density at radius 2 is 1.62 bits per heavy atom. The van der Waals surface area contributed by atoms with Gasteiger partial charge in [0.2, 0.25) is 5.82 Å². The topological polar surface area (TPSA) is 60.2 Å². The predicted octanol–water partition coefficient (Wildman–Crippen LogP) is 4.61. The van der Waals surface area contributed by atoms with Crippen LogP contribution in [0.15, 0.2) is 48.5 Å². The van der Waals surface area contributed by atoms with Crippen LogP contribution in [0.5, 0.6) is 5.75 Å². The summed E-state index contributed by atoms with van der Waals surface area (Å²) in [5.74, 6) is 1.46. The Morgan fingerprint density at radius 3 is 2.24 bits per heavy atom. The molecule has 0 radical (unpaired) electrons. The van der Waals surface area contributed by atoms with Crippen LogP contribution in [0, 0.1) is 0 Å². The van der Waals surface area contributed by atoms with E-state index in [2.05, 4.69) is 10.1 Å². The molecule has 1 saturated heterocycles. The van der Waals surface area contributed by atoms with Crippen LogP contribution in [0.4, 0.5) is 0 Å². The third kappa shape index (κ3) is 4.27. The maximum atomic E-state index is 13.1. The second kappa shape index (κ2) is 8.66. The Balaban J connectivity index is 1.75. The number of hydrogen-bond donors (Lipinski definition) is 0. The maximum absolute atomic E-state index is 13.1. The fraction of sp³-hybridized carbons (Fsp3) is 0.318. The number of halogens is 1. The highest BCUT2D eigenvalue weighted by Gasteiger charge is 2.24. The van der Waals surface area contributed by atoms with Crippen molar-refractivity contribution in [2.45, 2.75) is 25.7 Å². The van der Waals surface area contributed by atoms with Crippen LogP contribution in [-0.2, 0) is 0 Å².